The summed E-state index contributed by atoms with van der Waals surface area (Å²) < 4.78 is 71.7. The monoisotopic (exact) mass is 329 g/mol. The van der Waals surface area contributed by atoms with Gasteiger partial charge in [0.1, 0.15) is 29.7 Å². The van der Waals surface area contributed by atoms with Crippen LogP contribution in [0.1, 0.15) is 0 Å². The molecule has 0 saturated heterocycles. The first-order valence-corrected chi connectivity index (χ1v) is 7.74. The number of benzene rings is 2. The van der Waals surface area contributed by atoms with Gasteiger partial charge in [-0.3, -0.25) is 4.31 Å². The van der Waals surface area contributed by atoms with Crippen LogP contribution in [0, 0.1) is 17.5 Å². The Kier molecular flexibility index (Phi) is 3.48. The van der Waals surface area contributed by atoms with E-state index in [2.05, 4.69) is 0 Å². The standard InChI is InChI=1S/C14H10F3NO3S/c15-9-6-10(16)8-11(7-9)22(19,20)18-4-5-21-13-3-1-2-12(17)14(13)18/h1-3,6-8H,4-5H2. The maximum absolute atomic E-state index is 14.0. The Hall–Kier alpha value is -2.22. The van der Waals surface area contributed by atoms with Crippen LogP contribution in [0.5, 0.6) is 5.75 Å². The van der Waals surface area contributed by atoms with E-state index in [1.165, 1.54) is 12.1 Å². The van der Waals surface area contributed by atoms with Gasteiger partial charge in [0, 0.05) is 6.07 Å². The summed E-state index contributed by atoms with van der Waals surface area (Å²) in [5.41, 5.74) is -0.265. The molecular formula is C14H10F3NO3S. The summed E-state index contributed by atoms with van der Waals surface area (Å²) in [6, 6.07) is 5.83. The molecule has 0 N–H and O–H groups in total. The minimum atomic E-state index is -4.31. The lowest BCUT2D eigenvalue weighted by Crippen LogP contribution is -2.38. The Labute approximate surface area is 124 Å². The van der Waals surface area contributed by atoms with Crippen LogP contribution in [0.25, 0.3) is 0 Å². The lowest BCUT2D eigenvalue weighted by Gasteiger charge is -2.30. The van der Waals surface area contributed by atoms with E-state index in [0.29, 0.717) is 18.2 Å². The van der Waals surface area contributed by atoms with E-state index in [1.54, 1.807) is 0 Å². The van der Waals surface area contributed by atoms with Crippen molar-refractivity contribution >= 4 is 15.7 Å². The number of rotatable bonds is 2. The summed E-state index contributed by atoms with van der Waals surface area (Å²) in [6.45, 7) is -0.151. The van der Waals surface area contributed by atoms with Crippen LogP contribution in [0.2, 0.25) is 0 Å². The predicted molar refractivity (Wildman–Crippen MR) is 72.8 cm³/mol. The molecule has 0 aliphatic carbocycles. The van der Waals surface area contributed by atoms with Crippen LogP contribution in [0.3, 0.4) is 0 Å². The van der Waals surface area contributed by atoms with Crippen LogP contribution < -0.4 is 9.04 Å². The highest BCUT2D eigenvalue weighted by Crippen LogP contribution is 2.37. The molecule has 0 amide bonds. The topological polar surface area (TPSA) is 46.6 Å². The molecule has 0 unspecified atom stereocenters. The van der Waals surface area contributed by atoms with E-state index in [4.69, 9.17) is 4.74 Å². The lowest BCUT2D eigenvalue weighted by atomic mass is 10.2. The van der Waals surface area contributed by atoms with Crippen LogP contribution in [0.15, 0.2) is 41.3 Å². The second-order valence-electron chi connectivity index (χ2n) is 4.62. The largest absolute Gasteiger partial charge is 0.489 e. The number of nitrogens with zero attached hydrogens (tertiary/aromatic N) is 1. The predicted octanol–water partition coefficient (Wildman–Crippen LogP) is 2.69. The number of hydrogen-bond acceptors (Lipinski definition) is 3. The highest BCUT2D eigenvalue weighted by molar-refractivity contribution is 7.92. The zero-order valence-electron chi connectivity index (χ0n) is 11.1. The molecule has 0 saturated carbocycles. The normalized spacial score (nSPS) is 14.4. The number of fused-ring (bicyclic) bond motifs is 1. The molecule has 0 radical (unpaired) electrons. The SMILES string of the molecule is O=S(=O)(c1cc(F)cc(F)c1)N1CCOc2cccc(F)c21. The average molecular weight is 329 g/mol. The van der Waals surface area contributed by atoms with Gasteiger partial charge in [-0.25, -0.2) is 21.6 Å². The first-order valence-electron chi connectivity index (χ1n) is 6.30. The summed E-state index contributed by atoms with van der Waals surface area (Å²) in [7, 11) is -4.31. The van der Waals surface area contributed by atoms with Gasteiger partial charge in [0.25, 0.3) is 10.0 Å². The Balaban J connectivity index is 2.16. The van der Waals surface area contributed by atoms with Crippen molar-refractivity contribution in [3.63, 3.8) is 0 Å². The Bertz CT molecular complexity index is 819. The smallest absolute Gasteiger partial charge is 0.264 e. The summed E-state index contributed by atoms with van der Waals surface area (Å²) in [5, 5.41) is 0. The second kappa shape index (κ2) is 5.20. The maximum Gasteiger partial charge on any atom is 0.264 e. The molecule has 0 bridgehead atoms. The number of hydrogen-bond donors (Lipinski definition) is 0. The number of ether oxygens (including phenoxy) is 1. The van der Waals surface area contributed by atoms with E-state index in [1.807, 2.05) is 0 Å². The number of anilines is 1. The molecule has 4 nitrogen and oxygen atoms in total. The minimum absolute atomic E-state index is 0.00742. The fourth-order valence-electron chi connectivity index (χ4n) is 2.25. The van der Waals surface area contributed by atoms with E-state index >= 15 is 0 Å². The Morgan fingerprint density at radius 2 is 1.73 bits per heavy atom. The maximum atomic E-state index is 14.0. The van der Waals surface area contributed by atoms with Crippen molar-refractivity contribution < 1.29 is 26.3 Å². The number of para-hydroxylation sites is 1. The van der Waals surface area contributed by atoms with Crippen molar-refractivity contribution in [2.45, 2.75) is 4.90 Å². The molecule has 0 aromatic heterocycles. The van der Waals surface area contributed by atoms with Crippen LogP contribution in [-0.4, -0.2) is 21.6 Å². The lowest BCUT2D eigenvalue weighted by molar-refractivity contribution is 0.313. The Morgan fingerprint density at radius 1 is 1.05 bits per heavy atom. The fraction of sp³-hybridized carbons (Fsp3) is 0.143. The third-order valence-electron chi connectivity index (χ3n) is 3.18. The van der Waals surface area contributed by atoms with Gasteiger partial charge in [-0.2, -0.15) is 0 Å². The van der Waals surface area contributed by atoms with Crippen molar-refractivity contribution in [2.75, 3.05) is 17.5 Å². The van der Waals surface area contributed by atoms with Crippen molar-refractivity contribution in [2.24, 2.45) is 0 Å². The van der Waals surface area contributed by atoms with Gasteiger partial charge in [0.2, 0.25) is 0 Å². The average Bonchev–Trinajstić information content (AvgIpc) is 2.46. The van der Waals surface area contributed by atoms with Crippen LogP contribution in [0.4, 0.5) is 18.9 Å². The molecule has 0 fully saturated rings. The Morgan fingerprint density at radius 3 is 2.41 bits per heavy atom. The van der Waals surface area contributed by atoms with Crippen molar-refractivity contribution in [3.8, 4) is 5.75 Å². The fourth-order valence-corrected chi connectivity index (χ4v) is 3.76. The summed E-state index contributed by atoms with van der Waals surface area (Å²) in [4.78, 5) is -0.582. The van der Waals surface area contributed by atoms with Crippen molar-refractivity contribution in [3.05, 3.63) is 53.8 Å². The molecule has 3 rings (SSSR count). The molecule has 2 aromatic rings. The van der Waals surface area contributed by atoms with E-state index in [9.17, 15) is 21.6 Å². The molecule has 116 valence electrons. The molecule has 1 heterocycles. The zero-order chi connectivity index (χ0) is 15.9. The van der Waals surface area contributed by atoms with Gasteiger partial charge < -0.3 is 4.74 Å². The van der Waals surface area contributed by atoms with Crippen LogP contribution >= 0.6 is 0 Å². The van der Waals surface area contributed by atoms with E-state index < -0.39 is 32.4 Å². The number of halogens is 3. The second-order valence-corrected chi connectivity index (χ2v) is 6.48. The van der Waals surface area contributed by atoms with E-state index in [0.717, 1.165) is 10.4 Å². The molecule has 0 atom stereocenters. The van der Waals surface area contributed by atoms with Crippen molar-refractivity contribution in [1.82, 2.24) is 0 Å². The molecule has 22 heavy (non-hydrogen) atoms. The van der Waals surface area contributed by atoms with Crippen molar-refractivity contribution in [1.29, 1.82) is 0 Å². The first kappa shape index (κ1) is 14.7. The first-order chi connectivity index (χ1) is 10.4. The molecule has 1 aliphatic heterocycles. The summed E-state index contributed by atoms with van der Waals surface area (Å²) in [5.74, 6) is -2.79. The third kappa shape index (κ3) is 2.39. The van der Waals surface area contributed by atoms with Gasteiger partial charge >= 0.3 is 0 Å². The summed E-state index contributed by atoms with van der Waals surface area (Å²) >= 11 is 0. The van der Waals surface area contributed by atoms with Gasteiger partial charge in [-0.15, -0.1) is 0 Å². The van der Waals surface area contributed by atoms with E-state index in [-0.39, 0.29) is 24.6 Å². The highest BCUT2D eigenvalue weighted by atomic mass is 32.2. The van der Waals surface area contributed by atoms with Gasteiger partial charge in [0.15, 0.2) is 5.82 Å². The van der Waals surface area contributed by atoms with Gasteiger partial charge in [-0.1, -0.05) is 6.07 Å². The molecule has 8 heteroatoms. The van der Waals surface area contributed by atoms with Gasteiger partial charge in [0.05, 0.1) is 11.4 Å². The third-order valence-corrected chi connectivity index (χ3v) is 4.95. The molecule has 2 aromatic carbocycles. The molecular weight excluding hydrogens is 319 g/mol. The molecule has 1 aliphatic rings. The minimum Gasteiger partial charge on any atom is -0.489 e. The van der Waals surface area contributed by atoms with Crippen LogP contribution in [-0.2, 0) is 10.0 Å². The molecule has 0 spiro atoms. The van der Waals surface area contributed by atoms with Gasteiger partial charge in [-0.05, 0) is 24.3 Å². The summed E-state index contributed by atoms with van der Waals surface area (Å²) in [6.07, 6.45) is 0. The number of sulfonamides is 1. The zero-order valence-corrected chi connectivity index (χ0v) is 11.9. The quantitative estimate of drug-likeness (QED) is 0.851. The highest BCUT2D eigenvalue weighted by Gasteiger charge is 2.33.